The maximum Gasteiger partial charge on any atom is 0.0983 e. The SMILES string of the molecule is CC#CC(C)CCC.CC(CC(C)(C)OOC(C)(C)C)C(C)OOC(C)(C)C. The van der Waals surface area contributed by atoms with E-state index in [9.17, 15) is 0 Å². The van der Waals surface area contributed by atoms with Crippen molar-refractivity contribution in [3.05, 3.63) is 0 Å². The first kappa shape index (κ1) is 29.6. The summed E-state index contributed by atoms with van der Waals surface area (Å²) >= 11 is 0. The predicted octanol–water partition coefficient (Wildman–Crippen LogP) is 7.12. The van der Waals surface area contributed by atoms with E-state index in [1.807, 2.05) is 69.2 Å². The first-order valence-electron chi connectivity index (χ1n) is 10.7. The molecule has 0 saturated carbocycles. The second-order valence-corrected chi connectivity index (χ2v) is 10.3. The lowest BCUT2D eigenvalue weighted by Crippen LogP contribution is -2.35. The molecule has 0 aromatic carbocycles. The van der Waals surface area contributed by atoms with Crippen LogP contribution >= 0.6 is 0 Å². The molecule has 0 radical (unpaired) electrons. The fourth-order valence-corrected chi connectivity index (χ4v) is 2.28. The molecule has 0 bridgehead atoms. The van der Waals surface area contributed by atoms with Gasteiger partial charge in [0.2, 0.25) is 0 Å². The topological polar surface area (TPSA) is 36.9 Å². The highest BCUT2D eigenvalue weighted by atomic mass is 17.2. The average Bonchev–Trinajstić information content (AvgIpc) is 2.50. The van der Waals surface area contributed by atoms with Crippen LogP contribution in [0, 0.1) is 23.7 Å². The Bertz CT molecular complexity index is 446. The number of rotatable bonds is 9. The Hall–Kier alpha value is -0.600. The molecule has 4 heteroatoms. The van der Waals surface area contributed by atoms with Crippen LogP contribution in [0.2, 0.25) is 0 Å². The Kier molecular flexibility index (Phi) is 14.4. The molecule has 0 aliphatic rings. The van der Waals surface area contributed by atoms with Crippen molar-refractivity contribution in [2.45, 2.75) is 132 Å². The molecular formula is C24H48O4. The molecule has 3 unspecified atom stereocenters. The normalized spacial score (nSPS) is 15.6. The lowest BCUT2D eigenvalue weighted by atomic mass is 9.91. The Morgan fingerprint density at radius 1 is 0.786 bits per heavy atom. The highest BCUT2D eigenvalue weighted by Gasteiger charge is 2.29. The molecule has 0 aromatic heterocycles. The van der Waals surface area contributed by atoms with Crippen LogP contribution in [0.1, 0.15) is 109 Å². The van der Waals surface area contributed by atoms with Crippen LogP contribution in [0.25, 0.3) is 0 Å². The van der Waals surface area contributed by atoms with Gasteiger partial charge < -0.3 is 0 Å². The maximum absolute atomic E-state index is 5.56. The van der Waals surface area contributed by atoms with E-state index in [0.717, 1.165) is 6.42 Å². The van der Waals surface area contributed by atoms with Crippen molar-refractivity contribution in [1.82, 2.24) is 0 Å². The zero-order valence-corrected chi connectivity index (χ0v) is 21.0. The Balaban J connectivity index is 0. The quantitative estimate of drug-likeness (QED) is 0.234. The van der Waals surface area contributed by atoms with Gasteiger partial charge in [-0.1, -0.05) is 27.2 Å². The molecule has 0 rings (SSSR count). The molecule has 0 aromatic rings. The third-order valence-electron chi connectivity index (χ3n) is 3.69. The number of hydrogen-bond acceptors (Lipinski definition) is 4. The van der Waals surface area contributed by atoms with Gasteiger partial charge in [0, 0.05) is 5.92 Å². The molecule has 0 aliphatic carbocycles. The highest BCUT2D eigenvalue weighted by molar-refractivity contribution is 4.98. The largest absolute Gasteiger partial charge is 0.233 e. The molecule has 0 N–H and O–H groups in total. The summed E-state index contributed by atoms with van der Waals surface area (Å²) in [5, 5.41) is 0. The van der Waals surface area contributed by atoms with E-state index >= 15 is 0 Å². The van der Waals surface area contributed by atoms with Crippen LogP contribution in [-0.2, 0) is 19.6 Å². The van der Waals surface area contributed by atoms with Crippen molar-refractivity contribution in [1.29, 1.82) is 0 Å². The monoisotopic (exact) mass is 400 g/mol. The molecule has 168 valence electrons. The molecule has 0 amide bonds. The summed E-state index contributed by atoms with van der Waals surface area (Å²) in [6.45, 7) is 26.2. The first-order valence-corrected chi connectivity index (χ1v) is 10.7. The Labute approximate surface area is 175 Å². The minimum atomic E-state index is -0.369. The second kappa shape index (κ2) is 13.6. The van der Waals surface area contributed by atoms with Crippen molar-refractivity contribution in [3.63, 3.8) is 0 Å². The molecule has 0 saturated heterocycles. The van der Waals surface area contributed by atoms with E-state index in [1.165, 1.54) is 12.8 Å². The van der Waals surface area contributed by atoms with Gasteiger partial charge in [-0.2, -0.15) is 0 Å². The van der Waals surface area contributed by atoms with E-state index in [4.69, 9.17) is 19.6 Å². The summed E-state index contributed by atoms with van der Waals surface area (Å²) in [6.07, 6.45) is 3.29. The van der Waals surface area contributed by atoms with E-state index < -0.39 is 0 Å². The molecule has 3 atom stereocenters. The van der Waals surface area contributed by atoms with Crippen LogP contribution in [-0.4, -0.2) is 22.9 Å². The van der Waals surface area contributed by atoms with E-state index in [0.29, 0.717) is 5.92 Å². The van der Waals surface area contributed by atoms with Gasteiger partial charge in [-0.25, -0.2) is 19.6 Å². The maximum atomic E-state index is 5.56. The van der Waals surface area contributed by atoms with Crippen molar-refractivity contribution in [2.75, 3.05) is 0 Å². The van der Waals surface area contributed by atoms with Gasteiger partial charge in [0.1, 0.15) is 0 Å². The molecule has 0 aliphatic heterocycles. The lowest BCUT2D eigenvalue weighted by Gasteiger charge is -2.32. The smallest absolute Gasteiger partial charge is 0.0983 e. The van der Waals surface area contributed by atoms with Crippen LogP contribution in [0.5, 0.6) is 0 Å². The summed E-state index contributed by atoms with van der Waals surface area (Å²) in [5.74, 6) is 6.89. The molecule has 28 heavy (non-hydrogen) atoms. The van der Waals surface area contributed by atoms with Gasteiger partial charge in [0.25, 0.3) is 0 Å². The van der Waals surface area contributed by atoms with E-state index in [1.54, 1.807) is 0 Å². The number of hydrogen-bond donors (Lipinski definition) is 0. The fraction of sp³-hybridized carbons (Fsp3) is 0.917. The average molecular weight is 401 g/mol. The second-order valence-electron chi connectivity index (χ2n) is 10.3. The zero-order chi connectivity index (χ0) is 22.6. The van der Waals surface area contributed by atoms with Gasteiger partial charge in [-0.3, -0.25) is 0 Å². The third kappa shape index (κ3) is 20.1. The van der Waals surface area contributed by atoms with Crippen LogP contribution in [0.4, 0.5) is 0 Å². The molecular weight excluding hydrogens is 352 g/mol. The highest BCUT2D eigenvalue weighted by Crippen LogP contribution is 2.26. The third-order valence-corrected chi connectivity index (χ3v) is 3.69. The molecule has 4 nitrogen and oxygen atoms in total. The first-order chi connectivity index (χ1) is 12.5. The van der Waals surface area contributed by atoms with Crippen LogP contribution < -0.4 is 0 Å². The van der Waals surface area contributed by atoms with Crippen LogP contribution in [0.3, 0.4) is 0 Å². The van der Waals surface area contributed by atoms with Crippen molar-refractivity contribution in [2.24, 2.45) is 11.8 Å². The van der Waals surface area contributed by atoms with Gasteiger partial charge in [0.15, 0.2) is 0 Å². The van der Waals surface area contributed by atoms with Gasteiger partial charge >= 0.3 is 0 Å². The van der Waals surface area contributed by atoms with Crippen molar-refractivity contribution >= 4 is 0 Å². The predicted molar refractivity (Wildman–Crippen MR) is 119 cm³/mol. The standard InChI is InChI=1S/C16H34O4.C8H14/c1-12(13(2)17-18-14(3,4)5)11-16(9,10)20-19-15(6,7)8;1-4-6-8(3)7-5-2/h12-13H,11H2,1-10H3;8H,4,6H2,1-3H3. The Morgan fingerprint density at radius 2 is 1.29 bits per heavy atom. The molecule has 0 spiro atoms. The van der Waals surface area contributed by atoms with Gasteiger partial charge in [-0.05, 0) is 88.0 Å². The van der Waals surface area contributed by atoms with Crippen molar-refractivity contribution in [3.8, 4) is 11.8 Å². The minimum Gasteiger partial charge on any atom is -0.233 e. The van der Waals surface area contributed by atoms with E-state index in [2.05, 4.69) is 32.6 Å². The van der Waals surface area contributed by atoms with Crippen LogP contribution in [0.15, 0.2) is 0 Å². The zero-order valence-electron chi connectivity index (χ0n) is 21.0. The minimum absolute atomic E-state index is 0.00765. The lowest BCUT2D eigenvalue weighted by molar-refractivity contribution is -0.405. The molecule has 0 fully saturated rings. The molecule has 0 heterocycles. The van der Waals surface area contributed by atoms with Gasteiger partial charge in [0.05, 0.1) is 22.9 Å². The fourth-order valence-electron chi connectivity index (χ4n) is 2.28. The summed E-state index contributed by atoms with van der Waals surface area (Å²) in [4.78, 5) is 21.8. The summed E-state index contributed by atoms with van der Waals surface area (Å²) in [5.41, 5.74) is -0.973. The summed E-state index contributed by atoms with van der Waals surface area (Å²) < 4.78 is 0. The summed E-state index contributed by atoms with van der Waals surface area (Å²) in [7, 11) is 0. The summed E-state index contributed by atoms with van der Waals surface area (Å²) in [6, 6.07) is 0. The van der Waals surface area contributed by atoms with Gasteiger partial charge in [-0.15, -0.1) is 11.8 Å². The van der Waals surface area contributed by atoms with Crippen molar-refractivity contribution < 1.29 is 19.6 Å². The van der Waals surface area contributed by atoms with E-state index in [-0.39, 0.29) is 28.8 Å². The Morgan fingerprint density at radius 3 is 1.68 bits per heavy atom.